The molecule has 2 aromatic carbocycles. The highest BCUT2D eigenvalue weighted by atomic mass is 35.5. The van der Waals surface area contributed by atoms with Gasteiger partial charge in [-0.25, -0.2) is 0 Å². The third kappa shape index (κ3) is 5.75. The Hall–Kier alpha value is -1.55. The van der Waals surface area contributed by atoms with Crippen LogP contribution in [0.2, 0.25) is 10.0 Å². The molecule has 0 saturated carbocycles. The first-order chi connectivity index (χ1) is 9.00. The van der Waals surface area contributed by atoms with Crippen LogP contribution in [0.5, 0.6) is 0 Å². The highest BCUT2D eigenvalue weighted by Gasteiger charge is 2.12. The number of carbonyl (C=O) groups is 1. The van der Waals surface area contributed by atoms with Crippen molar-refractivity contribution in [2.75, 3.05) is 0 Å². The molecule has 0 aliphatic heterocycles. The lowest BCUT2D eigenvalue weighted by Gasteiger charge is -2.04. The quantitative estimate of drug-likeness (QED) is 0.887. The lowest BCUT2D eigenvalue weighted by molar-refractivity contribution is -0.138. The van der Waals surface area contributed by atoms with Crippen molar-refractivity contribution < 1.29 is 9.90 Å². The van der Waals surface area contributed by atoms with Gasteiger partial charge in [0.05, 0.1) is 0 Å². The van der Waals surface area contributed by atoms with Gasteiger partial charge in [0.25, 0.3) is 0 Å². The predicted octanol–water partition coefficient (Wildman–Crippen LogP) is 3.76. The molecule has 0 aromatic heterocycles. The van der Waals surface area contributed by atoms with Crippen molar-refractivity contribution in [2.45, 2.75) is 6.04 Å². The Morgan fingerprint density at radius 1 is 1.00 bits per heavy atom. The number of nitrogens with two attached hydrogens (primary N) is 1. The standard InChI is InChI=1S/C8H9NO2.C6H4Cl2/c9-7(8(10)11)6-4-2-1-3-5-6;7-5-2-1-3-6(8)4-5/h1-5,7H,9H2,(H,10,11);1-4H. The summed E-state index contributed by atoms with van der Waals surface area (Å²) in [6.45, 7) is 0. The summed E-state index contributed by atoms with van der Waals surface area (Å²) in [6, 6.07) is 14.9. The van der Waals surface area contributed by atoms with E-state index in [-0.39, 0.29) is 0 Å². The van der Waals surface area contributed by atoms with Crippen LogP contribution in [0, 0.1) is 0 Å². The number of hydrogen-bond acceptors (Lipinski definition) is 2. The molecule has 2 rings (SSSR count). The maximum Gasteiger partial charge on any atom is 0.325 e. The molecule has 5 heteroatoms. The average Bonchev–Trinajstić information content (AvgIpc) is 2.39. The highest BCUT2D eigenvalue weighted by Crippen LogP contribution is 2.14. The van der Waals surface area contributed by atoms with Gasteiger partial charge in [-0.15, -0.1) is 0 Å². The predicted molar refractivity (Wildman–Crippen MR) is 77.5 cm³/mol. The van der Waals surface area contributed by atoms with E-state index in [1.54, 1.807) is 42.5 Å². The lowest BCUT2D eigenvalue weighted by Crippen LogP contribution is -2.20. The molecular weight excluding hydrogens is 285 g/mol. The molecule has 0 spiro atoms. The van der Waals surface area contributed by atoms with E-state index in [2.05, 4.69) is 0 Å². The van der Waals surface area contributed by atoms with Crippen LogP contribution in [-0.2, 0) is 4.79 Å². The van der Waals surface area contributed by atoms with Crippen LogP contribution in [0.3, 0.4) is 0 Å². The second-order valence-electron chi connectivity index (χ2n) is 3.67. The molecule has 0 heterocycles. The number of aliphatic carboxylic acids is 1. The van der Waals surface area contributed by atoms with E-state index in [4.69, 9.17) is 34.0 Å². The Morgan fingerprint density at radius 2 is 1.53 bits per heavy atom. The molecule has 2 aromatic rings. The van der Waals surface area contributed by atoms with Gasteiger partial charge in [0.1, 0.15) is 6.04 Å². The second-order valence-corrected chi connectivity index (χ2v) is 4.54. The zero-order chi connectivity index (χ0) is 14.3. The molecule has 3 nitrogen and oxygen atoms in total. The first-order valence-electron chi connectivity index (χ1n) is 5.45. The topological polar surface area (TPSA) is 63.3 Å². The first kappa shape index (κ1) is 15.5. The average molecular weight is 298 g/mol. The van der Waals surface area contributed by atoms with Crippen molar-refractivity contribution in [1.29, 1.82) is 0 Å². The maximum atomic E-state index is 10.4. The molecule has 0 aliphatic rings. The molecule has 0 amide bonds. The molecule has 0 saturated heterocycles. The highest BCUT2D eigenvalue weighted by molar-refractivity contribution is 6.34. The molecule has 100 valence electrons. The van der Waals surface area contributed by atoms with Crippen LogP contribution in [0.4, 0.5) is 0 Å². The van der Waals surface area contributed by atoms with Crippen molar-refractivity contribution in [1.82, 2.24) is 0 Å². The van der Waals surface area contributed by atoms with Gasteiger partial charge < -0.3 is 10.8 Å². The van der Waals surface area contributed by atoms with Crippen molar-refractivity contribution in [3.63, 3.8) is 0 Å². The van der Waals surface area contributed by atoms with Crippen LogP contribution in [0.25, 0.3) is 0 Å². The molecule has 1 unspecified atom stereocenters. The number of carboxylic acid groups (broad SMARTS) is 1. The molecule has 0 aliphatic carbocycles. The second kappa shape index (κ2) is 7.79. The smallest absolute Gasteiger partial charge is 0.325 e. The minimum Gasteiger partial charge on any atom is -0.480 e. The normalized spacial score (nSPS) is 11.1. The van der Waals surface area contributed by atoms with Crippen LogP contribution >= 0.6 is 23.2 Å². The molecule has 0 bridgehead atoms. The minimum atomic E-state index is -1.00. The van der Waals surface area contributed by atoms with Crippen LogP contribution in [0.15, 0.2) is 54.6 Å². The Bertz CT molecular complexity index is 515. The van der Waals surface area contributed by atoms with Gasteiger partial charge in [0.2, 0.25) is 0 Å². The van der Waals surface area contributed by atoms with Gasteiger partial charge in [-0.2, -0.15) is 0 Å². The number of halogens is 2. The van der Waals surface area contributed by atoms with Gasteiger partial charge in [-0.05, 0) is 23.8 Å². The minimum absolute atomic E-state index is 0.625. The zero-order valence-electron chi connectivity index (χ0n) is 9.96. The fraction of sp³-hybridized carbons (Fsp3) is 0.0714. The van der Waals surface area contributed by atoms with Crippen LogP contribution in [-0.4, -0.2) is 11.1 Å². The van der Waals surface area contributed by atoms with Gasteiger partial charge in [0.15, 0.2) is 0 Å². The Morgan fingerprint density at radius 3 is 1.89 bits per heavy atom. The number of hydrogen-bond donors (Lipinski definition) is 2. The fourth-order valence-electron chi connectivity index (χ4n) is 1.26. The summed E-state index contributed by atoms with van der Waals surface area (Å²) in [4.78, 5) is 10.4. The fourth-order valence-corrected chi connectivity index (χ4v) is 1.70. The van der Waals surface area contributed by atoms with Gasteiger partial charge in [-0.3, -0.25) is 4.79 Å². The SMILES string of the molecule is Clc1cccc(Cl)c1.NC(C(=O)O)c1ccccc1. The Labute approximate surface area is 121 Å². The van der Waals surface area contributed by atoms with Crippen molar-refractivity contribution in [3.8, 4) is 0 Å². The Balaban J connectivity index is 0.000000200. The summed E-state index contributed by atoms with van der Waals surface area (Å²) >= 11 is 11.1. The molecular formula is C14H13Cl2NO2. The number of rotatable bonds is 2. The van der Waals surface area contributed by atoms with Crippen LogP contribution in [0.1, 0.15) is 11.6 Å². The van der Waals surface area contributed by atoms with Gasteiger partial charge in [0, 0.05) is 10.0 Å². The summed E-state index contributed by atoms with van der Waals surface area (Å²) < 4.78 is 0. The summed E-state index contributed by atoms with van der Waals surface area (Å²) in [6.07, 6.45) is 0. The third-order valence-corrected chi connectivity index (χ3v) is 2.68. The molecule has 3 N–H and O–H groups in total. The van der Waals surface area contributed by atoms with Crippen LogP contribution < -0.4 is 5.73 Å². The maximum absolute atomic E-state index is 10.4. The lowest BCUT2D eigenvalue weighted by atomic mass is 10.1. The Kier molecular flexibility index (Phi) is 6.36. The van der Waals surface area contributed by atoms with Crippen molar-refractivity contribution in [3.05, 3.63) is 70.2 Å². The first-order valence-corrected chi connectivity index (χ1v) is 6.20. The van der Waals surface area contributed by atoms with E-state index in [1.165, 1.54) is 0 Å². The third-order valence-electron chi connectivity index (χ3n) is 2.21. The molecule has 0 radical (unpaired) electrons. The molecule has 0 fully saturated rings. The summed E-state index contributed by atoms with van der Waals surface area (Å²) in [5, 5.41) is 9.87. The van der Waals surface area contributed by atoms with E-state index >= 15 is 0 Å². The van der Waals surface area contributed by atoms with E-state index in [0.29, 0.717) is 15.6 Å². The zero-order valence-corrected chi connectivity index (χ0v) is 11.5. The summed E-state index contributed by atoms with van der Waals surface area (Å²) in [7, 11) is 0. The van der Waals surface area contributed by atoms with E-state index < -0.39 is 12.0 Å². The van der Waals surface area contributed by atoms with E-state index in [9.17, 15) is 4.79 Å². The van der Waals surface area contributed by atoms with Gasteiger partial charge in [-0.1, -0.05) is 59.6 Å². The van der Waals surface area contributed by atoms with Crippen molar-refractivity contribution in [2.24, 2.45) is 5.73 Å². The van der Waals surface area contributed by atoms with Crippen molar-refractivity contribution >= 4 is 29.2 Å². The van der Waals surface area contributed by atoms with Gasteiger partial charge >= 0.3 is 5.97 Å². The monoisotopic (exact) mass is 297 g/mol. The summed E-state index contributed by atoms with van der Waals surface area (Å²) in [5.41, 5.74) is 5.96. The largest absolute Gasteiger partial charge is 0.480 e. The van der Waals surface area contributed by atoms with E-state index in [1.807, 2.05) is 12.1 Å². The molecule has 19 heavy (non-hydrogen) atoms. The molecule has 1 atom stereocenters. The summed E-state index contributed by atoms with van der Waals surface area (Å²) in [5.74, 6) is -1.00. The number of carboxylic acids is 1. The number of benzene rings is 2. The van der Waals surface area contributed by atoms with E-state index in [0.717, 1.165) is 0 Å².